The molecule has 0 saturated carbocycles. The number of β-lactam (4-membered cyclic amide) rings is 1. The van der Waals surface area contributed by atoms with Crippen molar-refractivity contribution in [3.63, 3.8) is 0 Å². The first-order valence-electron chi connectivity index (χ1n) is 8.93. The molecule has 0 bridgehead atoms. The normalized spacial score (nSPS) is 20.3. The van der Waals surface area contributed by atoms with E-state index in [-0.39, 0.29) is 34.0 Å². The molecule has 2 unspecified atom stereocenters. The van der Waals surface area contributed by atoms with Crippen molar-refractivity contribution >= 4 is 75.3 Å². The molecule has 1 saturated heterocycles. The fourth-order valence-electron chi connectivity index (χ4n) is 3.13. The van der Waals surface area contributed by atoms with Gasteiger partial charge < -0.3 is 32.8 Å². The molecule has 1 fully saturated rings. The van der Waals surface area contributed by atoms with Crippen LogP contribution in [0.2, 0.25) is 0 Å². The van der Waals surface area contributed by atoms with Crippen LogP contribution in [0, 0.1) is 0 Å². The average molecular weight is 510 g/mol. The molecule has 17 heteroatoms. The maximum atomic E-state index is 12.8. The van der Waals surface area contributed by atoms with Crippen LogP contribution in [-0.4, -0.2) is 70.8 Å². The Bertz CT molecular complexity index is 1210. The first-order chi connectivity index (χ1) is 15.7. The van der Waals surface area contributed by atoms with Crippen molar-refractivity contribution in [2.75, 3.05) is 23.0 Å². The Balaban J connectivity index is 1.54. The third kappa shape index (κ3) is 4.24. The zero-order chi connectivity index (χ0) is 23.9. The summed E-state index contributed by atoms with van der Waals surface area (Å²) < 4.78 is 0. The largest absolute Gasteiger partial charge is 0.477 e. The van der Waals surface area contributed by atoms with Crippen molar-refractivity contribution in [3.8, 4) is 0 Å². The van der Waals surface area contributed by atoms with Crippen LogP contribution in [0.15, 0.2) is 32.2 Å². The molecule has 2 aromatic rings. The van der Waals surface area contributed by atoms with Crippen LogP contribution in [0.4, 0.5) is 16.9 Å². The maximum absolute atomic E-state index is 12.8. The van der Waals surface area contributed by atoms with E-state index in [1.807, 2.05) is 0 Å². The Kier molecular flexibility index (Phi) is 6.00. The molecule has 2 atom stereocenters. The van der Waals surface area contributed by atoms with Gasteiger partial charge in [0.1, 0.15) is 33.7 Å². The van der Waals surface area contributed by atoms with Gasteiger partial charge in [0.25, 0.3) is 11.8 Å². The van der Waals surface area contributed by atoms with Gasteiger partial charge in [-0.25, -0.2) is 14.8 Å². The number of carboxylic acids is 1. The smallest absolute Gasteiger partial charge is 0.353 e. The number of rotatable bonds is 6. The molecule has 4 heterocycles. The van der Waals surface area contributed by atoms with Crippen LogP contribution in [0.5, 0.6) is 0 Å². The molecule has 172 valence electrons. The number of hydrogen-bond acceptors (Lipinski definition) is 14. The molecule has 0 aliphatic carbocycles. The van der Waals surface area contributed by atoms with E-state index >= 15 is 0 Å². The summed E-state index contributed by atoms with van der Waals surface area (Å²) in [6.07, 6.45) is 0. The van der Waals surface area contributed by atoms with Gasteiger partial charge in [-0.05, 0) is 0 Å². The third-order valence-corrected chi connectivity index (χ3v) is 7.61. The predicted molar refractivity (Wildman–Crippen MR) is 121 cm³/mol. The molecule has 2 aliphatic rings. The summed E-state index contributed by atoms with van der Waals surface area (Å²) in [6.45, 7) is 0. The van der Waals surface area contributed by atoms with E-state index in [1.54, 1.807) is 0 Å². The predicted octanol–water partition coefficient (Wildman–Crippen LogP) is -0.654. The summed E-state index contributed by atoms with van der Waals surface area (Å²) in [5.74, 6) is -2.52. The van der Waals surface area contributed by atoms with Gasteiger partial charge in [0, 0.05) is 22.1 Å². The Morgan fingerprint density at radius 1 is 1.27 bits per heavy atom. The van der Waals surface area contributed by atoms with Crippen LogP contribution in [0.1, 0.15) is 5.69 Å². The second-order valence-corrected chi connectivity index (χ2v) is 9.66. The van der Waals surface area contributed by atoms with Gasteiger partial charge in [-0.2, -0.15) is 4.98 Å². The number of nitrogens with zero attached hydrogens (tertiary/aromatic N) is 5. The van der Waals surface area contributed by atoms with Crippen molar-refractivity contribution < 1.29 is 24.7 Å². The van der Waals surface area contributed by atoms with Crippen molar-refractivity contribution in [2.45, 2.75) is 16.4 Å². The van der Waals surface area contributed by atoms with E-state index in [4.69, 9.17) is 17.2 Å². The second-order valence-electron chi connectivity index (χ2n) is 6.55. The van der Waals surface area contributed by atoms with Crippen LogP contribution in [0.25, 0.3) is 0 Å². The SMILES string of the molecule is Nc1cc(SC2=C(C(=O)O)N3C(=O)C(NC(=O)C(=NO)c4csc(N)n4)C3SC2)nc(N)n1. The molecule has 2 aliphatic heterocycles. The Morgan fingerprint density at radius 2 is 2.03 bits per heavy atom. The van der Waals surface area contributed by atoms with Crippen LogP contribution in [0.3, 0.4) is 0 Å². The summed E-state index contributed by atoms with van der Waals surface area (Å²) in [7, 11) is 0. The van der Waals surface area contributed by atoms with Crippen LogP contribution >= 0.6 is 34.9 Å². The number of nitrogens with one attached hydrogen (secondary N) is 1. The Morgan fingerprint density at radius 3 is 2.64 bits per heavy atom. The van der Waals surface area contributed by atoms with Gasteiger partial charge in [-0.15, -0.1) is 23.1 Å². The van der Waals surface area contributed by atoms with E-state index in [9.17, 15) is 24.7 Å². The van der Waals surface area contributed by atoms with E-state index in [2.05, 4.69) is 25.4 Å². The van der Waals surface area contributed by atoms with Crippen molar-refractivity contribution in [2.24, 2.45) is 5.16 Å². The van der Waals surface area contributed by atoms with Crippen molar-refractivity contribution in [3.05, 3.63) is 27.7 Å². The van der Waals surface area contributed by atoms with Gasteiger partial charge in [0.15, 0.2) is 10.8 Å². The zero-order valence-electron chi connectivity index (χ0n) is 16.3. The molecule has 9 N–H and O–H groups in total. The van der Waals surface area contributed by atoms with Gasteiger partial charge >= 0.3 is 5.97 Å². The molecule has 2 aromatic heterocycles. The highest BCUT2D eigenvalue weighted by Crippen LogP contribution is 2.45. The fourth-order valence-corrected chi connectivity index (χ4v) is 6.16. The molecule has 14 nitrogen and oxygen atoms in total. The number of nitrogen functional groups attached to an aromatic ring is 3. The molecule has 0 aromatic carbocycles. The Labute approximate surface area is 197 Å². The van der Waals surface area contributed by atoms with Crippen molar-refractivity contribution in [1.29, 1.82) is 0 Å². The number of fused-ring (bicyclic) bond motifs is 1. The van der Waals surface area contributed by atoms with Crippen LogP contribution < -0.4 is 22.5 Å². The van der Waals surface area contributed by atoms with E-state index in [0.29, 0.717) is 9.93 Å². The number of carbonyl (C=O) groups excluding carboxylic acids is 2. The lowest BCUT2D eigenvalue weighted by atomic mass is 10.0. The molecular weight excluding hydrogens is 494 g/mol. The lowest BCUT2D eigenvalue weighted by molar-refractivity contribution is -0.150. The lowest BCUT2D eigenvalue weighted by Gasteiger charge is -2.49. The molecular formula is C16H15N9O5S3. The van der Waals surface area contributed by atoms with Crippen LogP contribution in [-0.2, 0) is 14.4 Å². The summed E-state index contributed by atoms with van der Waals surface area (Å²) in [5.41, 5.74) is 16.2. The summed E-state index contributed by atoms with van der Waals surface area (Å²) in [5, 5.41) is 25.7. The molecule has 0 spiro atoms. The number of aromatic nitrogens is 3. The highest BCUT2D eigenvalue weighted by atomic mass is 32.2. The number of carbonyl (C=O) groups is 3. The average Bonchev–Trinajstić information content (AvgIpc) is 3.17. The van der Waals surface area contributed by atoms with Gasteiger partial charge in [0.2, 0.25) is 5.95 Å². The summed E-state index contributed by atoms with van der Waals surface area (Å²) in [4.78, 5) is 50.4. The standard InChI is InChI=1S/C16H15N9O5S3/c17-6-1-7(22-15(18)21-6)33-5-3-31-13-9(12(27)25(13)10(5)14(28)29)23-11(26)8(24-30)4-2-32-16(19)20-4/h1-2,9,13,30H,3H2,(H2,19,20)(H,23,26)(H,28,29)(H4,17,18,21,22). The number of oxime groups is 1. The number of nitrogens with two attached hydrogens (primary N) is 3. The molecule has 2 amide bonds. The second kappa shape index (κ2) is 8.75. The number of hydrogen-bond donors (Lipinski definition) is 6. The molecule has 4 rings (SSSR count). The highest BCUT2D eigenvalue weighted by Gasteiger charge is 2.54. The number of anilines is 3. The minimum atomic E-state index is -1.31. The number of amides is 2. The number of carboxylic acid groups (broad SMARTS) is 1. The number of thioether (sulfide) groups is 2. The van der Waals surface area contributed by atoms with Gasteiger partial charge in [0.05, 0.1) is 0 Å². The number of aliphatic carboxylic acids is 1. The quantitative estimate of drug-likeness (QED) is 0.0934. The minimum Gasteiger partial charge on any atom is -0.477 e. The first kappa shape index (κ1) is 22.6. The highest BCUT2D eigenvalue weighted by molar-refractivity contribution is 8.06. The minimum absolute atomic E-state index is 0.0469. The monoisotopic (exact) mass is 509 g/mol. The fraction of sp³-hybridized carbons (Fsp3) is 0.188. The van der Waals surface area contributed by atoms with Gasteiger partial charge in [-0.1, -0.05) is 16.9 Å². The number of thiazole rings is 1. The maximum Gasteiger partial charge on any atom is 0.353 e. The van der Waals surface area contributed by atoms with Crippen molar-refractivity contribution in [1.82, 2.24) is 25.2 Å². The summed E-state index contributed by atoms with van der Waals surface area (Å²) >= 11 is 3.30. The zero-order valence-corrected chi connectivity index (χ0v) is 18.8. The summed E-state index contributed by atoms with van der Waals surface area (Å²) in [6, 6.07) is 0.410. The Hall–Kier alpha value is -3.57. The van der Waals surface area contributed by atoms with E-state index in [0.717, 1.165) is 28.0 Å². The molecule has 0 radical (unpaired) electrons. The topological polar surface area (TPSA) is 236 Å². The van der Waals surface area contributed by atoms with Gasteiger partial charge in [-0.3, -0.25) is 14.5 Å². The van der Waals surface area contributed by atoms with E-state index < -0.39 is 34.9 Å². The first-order valence-corrected chi connectivity index (χ1v) is 11.7. The third-order valence-electron chi connectivity index (χ3n) is 4.47. The lowest BCUT2D eigenvalue weighted by Crippen LogP contribution is -2.71. The van der Waals surface area contributed by atoms with E-state index in [1.165, 1.54) is 23.2 Å². The molecule has 33 heavy (non-hydrogen) atoms.